The van der Waals surface area contributed by atoms with Crippen LogP contribution in [-0.2, 0) is 9.53 Å². The third kappa shape index (κ3) is 1.77. The van der Waals surface area contributed by atoms with Gasteiger partial charge in [0.1, 0.15) is 5.75 Å². The molecule has 4 nitrogen and oxygen atoms in total. The first-order valence-corrected chi connectivity index (χ1v) is 6.09. The molecule has 0 aliphatic carbocycles. The van der Waals surface area contributed by atoms with Crippen molar-refractivity contribution in [2.75, 3.05) is 20.8 Å². The molecule has 18 heavy (non-hydrogen) atoms. The van der Waals surface area contributed by atoms with Crippen molar-refractivity contribution in [2.24, 2.45) is 0 Å². The summed E-state index contributed by atoms with van der Waals surface area (Å²) in [5, 5.41) is 0. The largest absolute Gasteiger partial charge is 0.497 e. The fraction of sp³-hybridized carbons (Fsp3) is 0.500. The van der Waals surface area contributed by atoms with Crippen LogP contribution < -0.4 is 4.74 Å². The van der Waals surface area contributed by atoms with Crippen molar-refractivity contribution >= 4 is 5.91 Å². The lowest BCUT2D eigenvalue weighted by atomic mass is 9.79. The Kier molecular flexibility index (Phi) is 3.30. The summed E-state index contributed by atoms with van der Waals surface area (Å²) in [6.07, 6.45) is 0. The van der Waals surface area contributed by atoms with Crippen LogP contribution in [0.1, 0.15) is 25.5 Å². The van der Waals surface area contributed by atoms with Crippen LogP contribution in [0, 0.1) is 0 Å². The van der Waals surface area contributed by atoms with Crippen LogP contribution in [0.3, 0.4) is 0 Å². The Bertz CT molecular complexity index is 443. The number of carbonyl (C=O) groups is 1. The molecule has 0 aromatic heterocycles. The van der Waals surface area contributed by atoms with Gasteiger partial charge >= 0.3 is 0 Å². The maximum absolute atomic E-state index is 12.0. The Labute approximate surface area is 107 Å². The molecule has 2 rings (SSSR count). The first-order chi connectivity index (χ1) is 8.54. The first-order valence-electron chi connectivity index (χ1n) is 6.09. The number of amides is 1. The van der Waals surface area contributed by atoms with Gasteiger partial charge in [-0.15, -0.1) is 0 Å². The SMILES string of the molecule is CCO[C@@]1(C)C(=O)N(C)[C@H]1c1ccc(OC)cc1. The zero-order valence-corrected chi connectivity index (χ0v) is 11.3. The molecule has 1 aliphatic heterocycles. The molecule has 98 valence electrons. The average Bonchev–Trinajstić information content (AvgIpc) is 2.39. The number of methoxy groups -OCH3 is 1. The molecular weight excluding hydrogens is 230 g/mol. The summed E-state index contributed by atoms with van der Waals surface area (Å²) < 4.78 is 10.8. The van der Waals surface area contributed by atoms with Gasteiger partial charge < -0.3 is 14.4 Å². The molecule has 0 N–H and O–H groups in total. The summed E-state index contributed by atoms with van der Waals surface area (Å²) in [7, 11) is 3.44. The van der Waals surface area contributed by atoms with Crippen LogP contribution in [0.25, 0.3) is 0 Å². The zero-order chi connectivity index (χ0) is 13.3. The van der Waals surface area contributed by atoms with E-state index in [2.05, 4.69) is 0 Å². The third-order valence-corrected chi connectivity index (χ3v) is 3.53. The summed E-state index contributed by atoms with van der Waals surface area (Å²) in [6.45, 7) is 4.29. The van der Waals surface area contributed by atoms with E-state index in [1.165, 1.54) is 0 Å². The van der Waals surface area contributed by atoms with Gasteiger partial charge in [-0.3, -0.25) is 4.79 Å². The van der Waals surface area contributed by atoms with Gasteiger partial charge in [-0.1, -0.05) is 12.1 Å². The molecule has 0 unspecified atom stereocenters. The van der Waals surface area contributed by atoms with E-state index in [0.717, 1.165) is 11.3 Å². The van der Waals surface area contributed by atoms with Crippen molar-refractivity contribution in [3.05, 3.63) is 29.8 Å². The van der Waals surface area contributed by atoms with Gasteiger partial charge in [-0.05, 0) is 31.5 Å². The fourth-order valence-corrected chi connectivity index (χ4v) is 2.66. The monoisotopic (exact) mass is 249 g/mol. The van der Waals surface area contributed by atoms with Crippen LogP contribution in [0.15, 0.2) is 24.3 Å². The standard InChI is InChI=1S/C14H19NO3/c1-5-18-14(2)12(15(3)13(14)16)10-6-8-11(17-4)9-7-10/h6-9,12H,5H2,1-4H3/t12-,14+/m0/s1. The minimum Gasteiger partial charge on any atom is -0.497 e. The topological polar surface area (TPSA) is 38.8 Å². The fourth-order valence-electron chi connectivity index (χ4n) is 2.66. The lowest BCUT2D eigenvalue weighted by molar-refractivity contribution is -0.197. The number of ether oxygens (including phenoxy) is 2. The van der Waals surface area contributed by atoms with E-state index < -0.39 is 5.60 Å². The Morgan fingerprint density at radius 1 is 1.33 bits per heavy atom. The van der Waals surface area contributed by atoms with Crippen LogP contribution in [-0.4, -0.2) is 37.2 Å². The molecular formula is C14H19NO3. The highest BCUT2D eigenvalue weighted by Gasteiger charge is 2.57. The van der Waals surface area contributed by atoms with Gasteiger partial charge in [-0.25, -0.2) is 0 Å². The molecule has 1 aliphatic rings. The van der Waals surface area contributed by atoms with Crippen LogP contribution >= 0.6 is 0 Å². The van der Waals surface area contributed by atoms with Gasteiger partial charge in [0.15, 0.2) is 5.60 Å². The summed E-state index contributed by atoms with van der Waals surface area (Å²) in [6, 6.07) is 7.72. The highest BCUT2D eigenvalue weighted by Crippen LogP contribution is 2.44. The number of nitrogens with zero attached hydrogens (tertiary/aromatic N) is 1. The number of hydrogen-bond donors (Lipinski definition) is 0. The summed E-state index contributed by atoms with van der Waals surface area (Å²) in [4.78, 5) is 13.7. The van der Waals surface area contributed by atoms with Crippen molar-refractivity contribution < 1.29 is 14.3 Å². The van der Waals surface area contributed by atoms with E-state index in [-0.39, 0.29) is 11.9 Å². The first kappa shape index (κ1) is 12.9. The number of β-lactam (4-membered cyclic amide) rings is 1. The third-order valence-electron chi connectivity index (χ3n) is 3.53. The number of likely N-dealkylation sites (N-methyl/N-ethyl adjacent to an activating group) is 1. The Morgan fingerprint density at radius 2 is 1.94 bits per heavy atom. The quantitative estimate of drug-likeness (QED) is 0.766. The normalized spacial score (nSPS) is 27.0. The molecule has 1 aromatic rings. The van der Waals surface area contributed by atoms with E-state index in [1.54, 1.807) is 19.1 Å². The Morgan fingerprint density at radius 3 is 2.44 bits per heavy atom. The van der Waals surface area contributed by atoms with Gasteiger partial charge in [0, 0.05) is 13.7 Å². The molecule has 1 fully saturated rings. The lowest BCUT2D eigenvalue weighted by Crippen LogP contribution is -2.66. The van der Waals surface area contributed by atoms with Crippen LogP contribution in [0.2, 0.25) is 0 Å². The second-order valence-electron chi connectivity index (χ2n) is 4.63. The Balaban J connectivity index is 2.27. The molecule has 2 atom stereocenters. The van der Waals surface area contributed by atoms with Gasteiger partial charge in [0.25, 0.3) is 5.91 Å². The van der Waals surface area contributed by atoms with E-state index in [9.17, 15) is 4.79 Å². The van der Waals surface area contributed by atoms with Crippen molar-refractivity contribution in [3.63, 3.8) is 0 Å². The molecule has 1 saturated heterocycles. The molecule has 0 spiro atoms. The predicted molar refractivity (Wildman–Crippen MR) is 68.5 cm³/mol. The lowest BCUT2D eigenvalue weighted by Gasteiger charge is -2.52. The van der Waals surface area contributed by atoms with Crippen LogP contribution in [0.4, 0.5) is 0 Å². The summed E-state index contributed by atoms with van der Waals surface area (Å²) in [5.41, 5.74) is 0.326. The van der Waals surface area contributed by atoms with E-state index in [1.807, 2.05) is 38.1 Å². The van der Waals surface area contributed by atoms with E-state index >= 15 is 0 Å². The zero-order valence-electron chi connectivity index (χ0n) is 11.3. The maximum Gasteiger partial charge on any atom is 0.257 e. The number of likely N-dealkylation sites (tertiary alicyclic amines) is 1. The minimum atomic E-state index is -0.738. The summed E-state index contributed by atoms with van der Waals surface area (Å²) >= 11 is 0. The predicted octanol–water partition coefficient (Wildman–Crippen LogP) is 2.00. The van der Waals surface area contributed by atoms with Gasteiger partial charge in [-0.2, -0.15) is 0 Å². The molecule has 1 heterocycles. The molecule has 1 amide bonds. The van der Waals surface area contributed by atoms with E-state index in [0.29, 0.717) is 6.61 Å². The molecule has 0 bridgehead atoms. The number of rotatable bonds is 4. The molecule has 4 heteroatoms. The second kappa shape index (κ2) is 4.61. The van der Waals surface area contributed by atoms with Crippen LogP contribution in [0.5, 0.6) is 5.75 Å². The number of hydrogen-bond acceptors (Lipinski definition) is 3. The van der Waals surface area contributed by atoms with Crippen molar-refractivity contribution in [2.45, 2.75) is 25.5 Å². The highest BCUT2D eigenvalue weighted by molar-refractivity contribution is 5.92. The van der Waals surface area contributed by atoms with E-state index in [4.69, 9.17) is 9.47 Å². The Hall–Kier alpha value is -1.55. The van der Waals surface area contributed by atoms with Crippen molar-refractivity contribution in [1.82, 2.24) is 4.90 Å². The molecule has 0 saturated carbocycles. The average molecular weight is 249 g/mol. The molecule has 1 aromatic carbocycles. The molecule has 0 radical (unpaired) electrons. The summed E-state index contributed by atoms with van der Waals surface area (Å²) in [5.74, 6) is 0.843. The van der Waals surface area contributed by atoms with Gasteiger partial charge in [0.05, 0.1) is 13.2 Å². The second-order valence-corrected chi connectivity index (χ2v) is 4.63. The van der Waals surface area contributed by atoms with Crippen molar-refractivity contribution in [3.8, 4) is 5.75 Å². The highest BCUT2D eigenvalue weighted by atomic mass is 16.5. The van der Waals surface area contributed by atoms with Gasteiger partial charge in [0.2, 0.25) is 0 Å². The number of carbonyl (C=O) groups excluding carboxylic acids is 1. The van der Waals surface area contributed by atoms with Crippen molar-refractivity contribution in [1.29, 1.82) is 0 Å². The minimum absolute atomic E-state index is 0.0316. The number of benzene rings is 1. The maximum atomic E-state index is 12.0. The smallest absolute Gasteiger partial charge is 0.257 e.